The maximum Gasteiger partial charge on any atom is 0.0278 e. The van der Waals surface area contributed by atoms with E-state index >= 15 is 0 Å². The summed E-state index contributed by atoms with van der Waals surface area (Å²) in [6.07, 6.45) is 1.27. The second kappa shape index (κ2) is 4.53. The van der Waals surface area contributed by atoms with Gasteiger partial charge in [-0.1, -0.05) is 30.3 Å². The summed E-state index contributed by atoms with van der Waals surface area (Å²) in [5.41, 5.74) is 8.07. The summed E-state index contributed by atoms with van der Waals surface area (Å²) in [6, 6.07) is 11.5. The third-order valence-corrected chi connectivity index (χ3v) is 3.72. The number of hydrazine groups is 1. The van der Waals surface area contributed by atoms with Crippen LogP contribution in [0.4, 0.5) is 0 Å². The summed E-state index contributed by atoms with van der Waals surface area (Å²) >= 11 is 0. The fourth-order valence-electron chi connectivity index (χ4n) is 2.81. The third-order valence-electron chi connectivity index (χ3n) is 3.72. The molecule has 2 unspecified atom stereocenters. The van der Waals surface area contributed by atoms with Crippen molar-refractivity contribution in [3.05, 3.63) is 35.9 Å². The molecule has 2 atom stereocenters. The molecular weight excluding hydrogens is 198 g/mol. The molecule has 2 N–H and O–H groups in total. The van der Waals surface area contributed by atoms with Gasteiger partial charge in [-0.15, -0.1) is 0 Å². The number of nitrogens with one attached hydrogen (secondary N) is 2. The summed E-state index contributed by atoms with van der Waals surface area (Å²) in [5, 5.41) is 0. The lowest BCUT2D eigenvalue weighted by molar-refractivity contribution is 0.161. The van der Waals surface area contributed by atoms with E-state index in [0.717, 1.165) is 19.0 Å². The van der Waals surface area contributed by atoms with E-state index in [-0.39, 0.29) is 0 Å². The van der Waals surface area contributed by atoms with Crippen molar-refractivity contribution < 1.29 is 0 Å². The number of rotatable bonds is 2. The van der Waals surface area contributed by atoms with E-state index < -0.39 is 0 Å². The van der Waals surface area contributed by atoms with Gasteiger partial charge in [0.25, 0.3) is 0 Å². The van der Waals surface area contributed by atoms with Gasteiger partial charge < -0.3 is 0 Å². The second-order valence-electron chi connectivity index (χ2n) is 4.90. The first-order valence-corrected chi connectivity index (χ1v) is 6.16. The second-order valence-corrected chi connectivity index (χ2v) is 4.90. The van der Waals surface area contributed by atoms with Crippen LogP contribution in [0.5, 0.6) is 0 Å². The molecule has 2 saturated heterocycles. The van der Waals surface area contributed by atoms with E-state index in [0.29, 0.717) is 6.04 Å². The molecule has 0 saturated carbocycles. The lowest BCUT2D eigenvalue weighted by atomic mass is 9.94. The van der Waals surface area contributed by atoms with Crippen LogP contribution >= 0.6 is 0 Å². The number of likely N-dealkylation sites (tertiary alicyclic amines) is 1. The van der Waals surface area contributed by atoms with Crippen LogP contribution in [0.25, 0.3) is 0 Å². The van der Waals surface area contributed by atoms with Crippen molar-refractivity contribution in [1.82, 2.24) is 15.8 Å². The topological polar surface area (TPSA) is 27.3 Å². The highest BCUT2D eigenvalue weighted by molar-refractivity contribution is 5.14. The zero-order valence-corrected chi connectivity index (χ0v) is 9.52. The Bertz CT molecular complexity index is 338. The van der Waals surface area contributed by atoms with Gasteiger partial charge in [0.2, 0.25) is 0 Å². The molecule has 1 aromatic carbocycles. The van der Waals surface area contributed by atoms with Crippen LogP contribution in [-0.2, 0) is 6.54 Å². The van der Waals surface area contributed by atoms with Crippen molar-refractivity contribution >= 4 is 0 Å². The summed E-state index contributed by atoms with van der Waals surface area (Å²) in [7, 11) is 0. The normalized spacial score (nSPS) is 30.2. The lowest BCUT2D eigenvalue weighted by Gasteiger charge is -2.34. The van der Waals surface area contributed by atoms with Crippen molar-refractivity contribution in [1.29, 1.82) is 0 Å². The molecule has 1 aromatic rings. The molecule has 0 amide bonds. The van der Waals surface area contributed by atoms with E-state index in [1.807, 2.05) is 0 Å². The van der Waals surface area contributed by atoms with Crippen LogP contribution in [-0.4, -0.2) is 30.6 Å². The Morgan fingerprint density at radius 1 is 1.25 bits per heavy atom. The Balaban J connectivity index is 1.60. The van der Waals surface area contributed by atoms with E-state index in [2.05, 4.69) is 46.1 Å². The summed E-state index contributed by atoms with van der Waals surface area (Å²) in [4.78, 5) is 2.57. The fraction of sp³-hybridized carbons (Fsp3) is 0.538. The fourth-order valence-corrected chi connectivity index (χ4v) is 2.81. The first-order valence-electron chi connectivity index (χ1n) is 6.16. The maximum absolute atomic E-state index is 3.37. The zero-order valence-electron chi connectivity index (χ0n) is 9.52. The average Bonchev–Trinajstić information content (AvgIpc) is 2.77. The molecule has 0 radical (unpaired) electrons. The average molecular weight is 217 g/mol. The minimum absolute atomic E-state index is 0.701. The SMILES string of the molecule is c1ccc(CN2CCC3NNCC3C2)cc1. The van der Waals surface area contributed by atoms with Crippen LogP contribution in [0.2, 0.25) is 0 Å². The first kappa shape index (κ1) is 10.3. The molecule has 2 fully saturated rings. The number of hydrogen-bond acceptors (Lipinski definition) is 3. The van der Waals surface area contributed by atoms with Crippen LogP contribution in [0.15, 0.2) is 30.3 Å². The van der Waals surface area contributed by atoms with E-state index in [9.17, 15) is 0 Å². The van der Waals surface area contributed by atoms with E-state index in [1.165, 1.54) is 25.1 Å². The third kappa shape index (κ3) is 2.12. The molecule has 3 heteroatoms. The Labute approximate surface area is 96.8 Å². The van der Waals surface area contributed by atoms with Gasteiger partial charge in [0.15, 0.2) is 0 Å². The van der Waals surface area contributed by atoms with Gasteiger partial charge >= 0.3 is 0 Å². The molecule has 2 aliphatic heterocycles. The number of piperidine rings is 1. The molecule has 2 heterocycles. The number of fused-ring (bicyclic) bond motifs is 1. The molecule has 0 aromatic heterocycles. The highest BCUT2D eigenvalue weighted by Crippen LogP contribution is 2.20. The standard InChI is InChI=1S/C13H19N3/c1-2-4-11(5-3-1)9-16-7-6-13-12(10-16)8-14-15-13/h1-5,12-15H,6-10H2. The van der Waals surface area contributed by atoms with Crippen molar-refractivity contribution in [3.63, 3.8) is 0 Å². The smallest absolute Gasteiger partial charge is 0.0278 e. The Kier molecular flexibility index (Phi) is 2.91. The maximum atomic E-state index is 3.37. The monoisotopic (exact) mass is 217 g/mol. The molecule has 3 nitrogen and oxygen atoms in total. The largest absolute Gasteiger partial charge is 0.299 e. The van der Waals surface area contributed by atoms with Gasteiger partial charge in [-0.2, -0.15) is 0 Å². The molecular formula is C13H19N3. The minimum atomic E-state index is 0.701. The Hall–Kier alpha value is -0.900. The lowest BCUT2D eigenvalue weighted by Crippen LogP contribution is -2.44. The van der Waals surface area contributed by atoms with Crippen molar-refractivity contribution in [2.75, 3.05) is 19.6 Å². The molecule has 3 rings (SSSR count). The summed E-state index contributed by atoms with van der Waals surface area (Å²) < 4.78 is 0. The predicted molar refractivity (Wildman–Crippen MR) is 64.8 cm³/mol. The highest BCUT2D eigenvalue weighted by Gasteiger charge is 2.32. The molecule has 0 bridgehead atoms. The predicted octanol–water partition coefficient (Wildman–Crippen LogP) is 0.985. The van der Waals surface area contributed by atoms with Crippen LogP contribution in [0.3, 0.4) is 0 Å². The van der Waals surface area contributed by atoms with Crippen LogP contribution in [0.1, 0.15) is 12.0 Å². The Morgan fingerprint density at radius 3 is 3.00 bits per heavy atom. The number of nitrogens with zero attached hydrogens (tertiary/aromatic N) is 1. The van der Waals surface area contributed by atoms with Crippen LogP contribution in [0, 0.1) is 5.92 Å². The van der Waals surface area contributed by atoms with Gasteiger partial charge in [-0.25, -0.2) is 0 Å². The van der Waals surface area contributed by atoms with Crippen molar-refractivity contribution in [2.24, 2.45) is 5.92 Å². The van der Waals surface area contributed by atoms with Gasteiger partial charge in [0.05, 0.1) is 0 Å². The van der Waals surface area contributed by atoms with E-state index in [1.54, 1.807) is 0 Å². The minimum Gasteiger partial charge on any atom is -0.299 e. The van der Waals surface area contributed by atoms with Crippen LogP contribution < -0.4 is 10.9 Å². The quantitative estimate of drug-likeness (QED) is 0.773. The Morgan fingerprint density at radius 2 is 2.12 bits per heavy atom. The van der Waals surface area contributed by atoms with Crippen molar-refractivity contribution in [2.45, 2.75) is 19.0 Å². The molecule has 86 valence electrons. The molecule has 0 spiro atoms. The first-order chi connectivity index (χ1) is 7.92. The zero-order chi connectivity index (χ0) is 10.8. The van der Waals surface area contributed by atoms with Gasteiger partial charge in [-0.3, -0.25) is 15.8 Å². The number of benzene rings is 1. The number of hydrogen-bond donors (Lipinski definition) is 2. The van der Waals surface area contributed by atoms with Gasteiger partial charge in [-0.05, 0) is 12.0 Å². The molecule has 0 aliphatic carbocycles. The van der Waals surface area contributed by atoms with Gasteiger partial charge in [0.1, 0.15) is 0 Å². The van der Waals surface area contributed by atoms with E-state index in [4.69, 9.17) is 0 Å². The molecule has 16 heavy (non-hydrogen) atoms. The van der Waals surface area contributed by atoms with Gasteiger partial charge in [0, 0.05) is 38.1 Å². The summed E-state index contributed by atoms with van der Waals surface area (Å²) in [5.74, 6) is 0.789. The molecule has 2 aliphatic rings. The summed E-state index contributed by atoms with van der Waals surface area (Å²) in [6.45, 7) is 4.66. The highest BCUT2D eigenvalue weighted by atomic mass is 15.4. The van der Waals surface area contributed by atoms with Crippen molar-refractivity contribution in [3.8, 4) is 0 Å².